The van der Waals surface area contributed by atoms with Crippen LogP contribution in [0.25, 0.3) is 0 Å². The van der Waals surface area contributed by atoms with Gasteiger partial charge in [-0.15, -0.1) is 11.3 Å². The number of benzene rings is 1. The Morgan fingerprint density at radius 3 is 2.65 bits per heavy atom. The highest BCUT2D eigenvalue weighted by Gasteiger charge is 2.41. The summed E-state index contributed by atoms with van der Waals surface area (Å²) in [5, 5.41) is 7.15. The average molecular weight is 463 g/mol. The summed E-state index contributed by atoms with van der Waals surface area (Å²) >= 11 is 1.72. The number of hydrogen-bond acceptors (Lipinski definition) is 5. The molecule has 168 valence electrons. The molecule has 2 aromatic rings. The standard InChI is InChI=1S/C22H30N4O3S2/c23-31(28,29)24-12-18-8-4-10-26(14-18)22(27)20-16-25(13-17-6-2-1-3-7-17)15-19(20)21-9-5-11-30-21/h1-3,5-7,9,11,18-20,24H,4,8,10,12-16H2,(H2,23,28,29)/t18?,19-,20-/m1/s1. The van der Waals surface area contributed by atoms with E-state index in [0.29, 0.717) is 6.54 Å². The van der Waals surface area contributed by atoms with E-state index in [-0.39, 0.29) is 30.2 Å². The number of thiophene rings is 1. The molecule has 2 saturated heterocycles. The Hall–Kier alpha value is -1.78. The molecule has 3 heterocycles. The third-order valence-corrected chi connectivity index (χ3v) is 7.85. The Balaban J connectivity index is 1.45. The first-order valence-corrected chi connectivity index (χ1v) is 13.2. The Kier molecular flexibility index (Phi) is 7.08. The van der Waals surface area contributed by atoms with Gasteiger partial charge in [-0.05, 0) is 35.8 Å². The van der Waals surface area contributed by atoms with Crippen LogP contribution in [0.2, 0.25) is 0 Å². The van der Waals surface area contributed by atoms with Gasteiger partial charge < -0.3 is 4.90 Å². The van der Waals surface area contributed by atoms with Crippen LogP contribution in [0.1, 0.15) is 29.2 Å². The number of likely N-dealkylation sites (tertiary alicyclic amines) is 2. The van der Waals surface area contributed by atoms with Crippen LogP contribution in [0.3, 0.4) is 0 Å². The highest BCUT2D eigenvalue weighted by atomic mass is 32.2. The molecular formula is C22H30N4O3S2. The van der Waals surface area contributed by atoms with Crippen LogP contribution in [0.5, 0.6) is 0 Å². The highest BCUT2D eigenvalue weighted by molar-refractivity contribution is 7.87. The molecule has 9 heteroatoms. The Bertz CT molecular complexity index is 966. The molecule has 0 bridgehead atoms. The molecule has 7 nitrogen and oxygen atoms in total. The van der Waals surface area contributed by atoms with Gasteiger partial charge in [0.25, 0.3) is 10.2 Å². The zero-order chi connectivity index (χ0) is 21.8. The van der Waals surface area contributed by atoms with Crippen molar-refractivity contribution in [2.24, 2.45) is 17.0 Å². The first kappa shape index (κ1) is 22.4. The fourth-order valence-corrected chi connectivity index (χ4v) is 6.15. The number of nitrogens with zero attached hydrogens (tertiary/aromatic N) is 2. The Labute approximate surface area is 188 Å². The molecule has 3 N–H and O–H groups in total. The summed E-state index contributed by atoms with van der Waals surface area (Å²) in [6.07, 6.45) is 1.78. The second-order valence-electron chi connectivity index (χ2n) is 8.59. The van der Waals surface area contributed by atoms with E-state index in [0.717, 1.165) is 39.0 Å². The molecule has 0 aliphatic carbocycles. The first-order valence-electron chi connectivity index (χ1n) is 10.7. The van der Waals surface area contributed by atoms with Crippen molar-refractivity contribution >= 4 is 27.5 Å². The SMILES string of the molecule is NS(=O)(=O)NCC1CCCN(C(=O)[C@@H]2CN(Cc3ccccc3)C[C@H]2c2cccs2)C1. The van der Waals surface area contributed by atoms with Gasteiger partial charge in [-0.3, -0.25) is 9.69 Å². The van der Waals surface area contributed by atoms with Crippen LogP contribution in [0, 0.1) is 11.8 Å². The van der Waals surface area contributed by atoms with Gasteiger partial charge in [0.2, 0.25) is 5.91 Å². The summed E-state index contributed by atoms with van der Waals surface area (Å²) in [7, 11) is -3.71. The summed E-state index contributed by atoms with van der Waals surface area (Å²) in [6.45, 7) is 4.04. The average Bonchev–Trinajstić information content (AvgIpc) is 3.42. The van der Waals surface area contributed by atoms with E-state index in [2.05, 4.69) is 39.3 Å². The van der Waals surface area contributed by atoms with Crippen LogP contribution < -0.4 is 9.86 Å². The van der Waals surface area contributed by atoms with Gasteiger partial charge in [0.05, 0.1) is 5.92 Å². The zero-order valence-electron chi connectivity index (χ0n) is 17.5. The molecule has 1 amide bonds. The van der Waals surface area contributed by atoms with Crippen molar-refractivity contribution in [3.05, 3.63) is 58.3 Å². The van der Waals surface area contributed by atoms with Gasteiger partial charge in [0, 0.05) is 50.1 Å². The second-order valence-corrected chi connectivity index (χ2v) is 11.0. The maximum Gasteiger partial charge on any atom is 0.274 e. The summed E-state index contributed by atoms with van der Waals surface area (Å²) in [4.78, 5) is 19.2. The number of amides is 1. The molecule has 1 aromatic heterocycles. The fourth-order valence-electron chi connectivity index (χ4n) is 4.80. The van der Waals surface area contributed by atoms with Crippen molar-refractivity contribution in [3.63, 3.8) is 0 Å². The van der Waals surface area contributed by atoms with E-state index in [1.54, 1.807) is 11.3 Å². The molecule has 1 unspecified atom stereocenters. The Morgan fingerprint density at radius 2 is 1.94 bits per heavy atom. The summed E-state index contributed by atoms with van der Waals surface area (Å²) in [5.41, 5.74) is 1.26. The lowest BCUT2D eigenvalue weighted by molar-refractivity contribution is -0.137. The van der Waals surface area contributed by atoms with Crippen molar-refractivity contribution in [3.8, 4) is 0 Å². The monoisotopic (exact) mass is 462 g/mol. The van der Waals surface area contributed by atoms with Gasteiger partial charge in [-0.1, -0.05) is 36.4 Å². The predicted octanol–water partition coefficient (Wildman–Crippen LogP) is 2.00. The first-order chi connectivity index (χ1) is 14.9. The van der Waals surface area contributed by atoms with E-state index in [4.69, 9.17) is 5.14 Å². The minimum absolute atomic E-state index is 0.0766. The van der Waals surface area contributed by atoms with Crippen LogP contribution >= 0.6 is 11.3 Å². The van der Waals surface area contributed by atoms with E-state index in [1.807, 2.05) is 23.1 Å². The van der Waals surface area contributed by atoms with E-state index >= 15 is 0 Å². The summed E-state index contributed by atoms with van der Waals surface area (Å²) < 4.78 is 24.9. The molecule has 0 saturated carbocycles. The normalized spacial score (nSPS) is 25.1. The number of carbonyl (C=O) groups is 1. The van der Waals surface area contributed by atoms with Crippen molar-refractivity contribution in [2.45, 2.75) is 25.3 Å². The molecule has 4 rings (SSSR count). The van der Waals surface area contributed by atoms with Crippen LogP contribution in [-0.4, -0.2) is 56.8 Å². The largest absolute Gasteiger partial charge is 0.342 e. The van der Waals surface area contributed by atoms with Crippen molar-refractivity contribution in [1.29, 1.82) is 0 Å². The second kappa shape index (κ2) is 9.79. The minimum atomic E-state index is -3.71. The molecule has 3 atom stereocenters. The van der Waals surface area contributed by atoms with E-state index < -0.39 is 10.2 Å². The lowest BCUT2D eigenvalue weighted by Gasteiger charge is -2.35. The third kappa shape index (κ3) is 5.93. The minimum Gasteiger partial charge on any atom is -0.342 e. The summed E-state index contributed by atoms with van der Waals surface area (Å²) in [5.74, 6) is 0.402. The highest BCUT2D eigenvalue weighted by Crippen LogP contribution is 2.37. The molecule has 2 aliphatic rings. The Morgan fingerprint density at radius 1 is 1.13 bits per heavy atom. The predicted molar refractivity (Wildman–Crippen MR) is 123 cm³/mol. The van der Waals surface area contributed by atoms with Crippen molar-refractivity contribution in [1.82, 2.24) is 14.5 Å². The smallest absolute Gasteiger partial charge is 0.274 e. The van der Waals surface area contributed by atoms with Gasteiger partial charge in [-0.25, -0.2) is 9.86 Å². The van der Waals surface area contributed by atoms with Crippen LogP contribution in [-0.2, 0) is 21.5 Å². The quantitative estimate of drug-likeness (QED) is 0.658. The number of rotatable bonds is 7. The molecule has 2 aliphatic heterocycles. The maximum atomic E-state index is 13.6. The van der Waals surface area contributed by atoms with Gasteiger partial charge in [0.1, 0.15) is 0 Å². The lowest BCUT2D eigenvalue weighted by Crippen LogP contribution is -2.47. The zero-order valence-corrected chi connectivity index (χ0v) is 19.2. The number of piperidine rings is 1. The number of nitrogens with two attached hydrogens (primary N) is 1. The number of nitrogens with one attached hydrogen (secondary N) is 1. The molecule has 0 spiro atoms. The molecular weight excluding hydrogens is 432 g/mol. The molecule has 1 aromatic carbocycles. The van der Waals surface area contributed by atoms with Gasteiger partial charge in [0.15, 0.2) is 0 Å². The summed E-state index contributed by atoms with van der Waals surface area (Å²) in [6, 6.07) is 14.6. The topological polar surface area (TPSA) is 95.7 Å². The lowest BCUT2D eigenvalue weighted by atomic mass is 9.91. The van der Waals surface area contributed by atoms with E-state index in [9.17, 15) is 13.2 Å². The van der Waals surface area contributed by atoms with Gasteiger partial charge in [-0.2, -0.15) is 8.42 Å². The van der Waals surface area contributed by atoms with Crippen molar-refractivity contribution in [2.75, 3.05) is 32.7 Å². The van der Waals surface area contributed by atoms with Crippen LogP contribution in [0.4, 0.5) is 0 Å². The third-order valence-electron chi connectivity index (χ3n) is 6.27. The van der Waals surface area contributed by atoms with Gasteiger partial charge >= 0.3 is 0 Å². The van der Waals surface area contributed by atoms with Crippen LogP contribution in [0.15, 0.2) is 47.8 Å². The fraction of sp³-hybridized carbons (Fsp3) is 0.500. The maximum absolute atomic E-state index is 13.6. The molecule has 31 heavy (non-hydrogen) atoms. The number of hydrogen-bond donors (Lipinski definition) is 2. The molecule has 2 fully saturated rings. The van der Waals surface area contributed by atoms with Crippen molar-refractivity contribution < 1.29 is 13.2 Å². The molecule has 0 radical (unpaired) electrons. The van der Waals surface area contributed by atoms with E-state index in [1.165, 1.54) is 10.4 Å². The number of carbonyl (C=O) groups excluding carboxylic acids is 1.